The third-order valence-corrected chi connectivity index (χ3v) is 1.86. The topological polar surface area (TPSA) is 26.0 Å². The van der Waals surface area contributed by atoms with Crippen LogP contribution in [0.2, 0.25) is 0 Å². The summed E-state index contributed by atoms with van der Waals surface area (Å²) >= 11 is 0. The molecule has 0 amide bonds. The average Bonchev–Trinajstić information content (AvgIpc) is 2.51. The Bertz CT molecular complexity index is 378. The Balaban J connectivity index is 2.46. The molecular formula is C10H10NO. The maximum absolute atomic E-state index is 5.17. The molecule has 0 aliphatic carbocycles. The highest BCUT2D eigenvalue weighted by Crippen LogP contribution is 2.14. The summed E-state index contributed by atoms with van der Waals surface area (Å²) in [6.07, 6.45) is 3.38. The van der Waals surface area contributed by atoms with Crippen LogP contribution in [0.15, 0.2) is 29.0 Å². The molecule has 1 radical (unpaired) electrons. The fourth-order valence-corrected chi connectivity index (χ4v) is 1.26. The molecule has 2 rings (SSSR count). The fourth-order valence-electron chi connectivity index (χ4n) is 1.26. The van der Waals surface area contributed by atoms with Crippen molar-refractivity contribution in [1.82, 2.24) is 4.98 Å². The molecule has 0 aliphatic rings. The number of nitrogens with zero attached hydrogens (tertiary/aromatic N) is 1. The van der Waals surface area contributed by atoms with Crippen molar-refractivity contribution in [3.8, 4) is 0 Å². The number of hydrogen-bond acceptors (Lipinski definition) is 2. The molecule has 0 N–H and O–H groups in total. The average molecular weight is 160 g/mol. The van der Waals surface area contributed by atoms with Crippen LogP contribution in [0.1, 0.15) is 12.0 Å². The molecule has 2 nitrogen and oxygen atoms in total. The smallest absolute Gasteiger partial charge is 0.181 e. The van der Waals surface area contributed by atoms with Gasteiger partial charge >= 0.3 is 0 Å². The molecule has 0 fully saturated rings. The molecule has 1 aromatic heterocycles. The summed E-state index contributed by atoms with van der Waals surface area (Å²) in [5.41, 5.74) is 3.04. The number of oxazole rings is 1. The predicted octanol–water partition coefficient (Wildman–Crippen LogP) is 2.59. The lowest BCUT2D eigenvalue weighted by atomic mass is 10.1. The molecule has 0 saturated heterocycles. The molecule has 1 aromatic carbocycles. The van der Waals surface area contributed by atoms with Crippen molar-refractivity contribution in [3.05, 3.63) is 37.1 Å². The van der Waals surface area contributed by atoms with E-state index >= 15 is 0 Å². The zero-order valence-electron chi connectivity index (χ0n) is 6.79. The summed E-state index contributed by atoms with van der Waals surface area (Å²) in [4.78, 5) is 4.04. The molecule has 0 bridgehead atoms. The number of aromatic nitrogens is 1. The highest BCUT2D eigenvalue weighted by atomic mass is 16.3. The van der Waals surface area contributed by atoms with E-state index < -0.39 is 0 Å². The maximum atomic E-state index is 5.17. The number of fused-ring (bicyclic) bond motifs is 1. The summed E-state index contributed by atoms with van der Waals surface area (Å²) in [7, 11) is 0. The predicted molar refractivity (Wildman–Crippen MR) is 47.7 cm³/mol. The van der Waals surface area contributed by atoms with E-state index in [1.807, 2.05) is 12.1 Å². The highest BCUT2D eigenvalue weighted by molar-refractivity contribution is 5.72. The van der Waals surface area contributed by atoms with Crippen molar-refractivity contribution in [2.45, 2.75) is 12.8 Å². The van der Waals surface area contributed by atoms with Gasteiger partial charge in [0, 0.05) is 0 Å². The summed E-state index contributed by atoms with van der Waals surface area (Å²) in [6, 6.07) is 6.06. The molecule has 2 heteroatoms. The number of rotatable bonds is 2. The van der Waals surface area contributed by atoms with E-state index in [9.17, 15) is 0 Å². The van der Waals surface area contributed by atoms with Crippen LogP contribution in [-0.4, -0.2) is 4.98 Å². The van der Waals surface area contributed by atoms with Gasteiger partial charge in [0.15, 0.2) is 12.0 Å². The summed E-state index contributed by atoms with van der Waals surface area (Å²) in [5.74, 6) is 0. The van der Waals surface area contributed by atoms with Crippen LogP contribution in [-0.2, 0) is 6.42 Å². The van der Waals surface area contributed by atoms with Crippen molar-refractivity contribution in [1.29, 1.82) is 0 Å². The number of hydrogen-bond donors (Lipinski definition) is 0. The summed E-state index contributed by atoms with van der Waals surface area (Å²) in [5, 5.41) is 0. The van der Waals surface area contributed by atoms with Gasteiger partial charge in [-0.05, 0) is 30.5 Å². The van der Waals surface area contributed by atoms with Crippen LogP contribution in [0.3, 0.4) is 0 Å². The second kappa shape index (κ2) is 2.97. The molecular weight excluding hydrogens is 150 g/mol. The van der Waals surface area contributed by atoms with Crippen molar-refractivity contribution >= 4 is 11.1 Å². The molecule has 12 heavy (non-hydrogen) atoms. The van der Waals surface area contributed by atoms with Crippen molar-refractivity contribution in [2.24, 2.45) is 0 Å². The van der Waals surface area contributed by atoms with E-state index in [4.69, 9.17) is 4.42 Å². The molecule has 2 aromatic rings. The minimum absolute atomic E-state index is 0.862. The van der Waals surface area contributed by atoms with Crippen LogP contribution >= 0.6 is 0 Å². The van der Waals surface area contributed by atoms with Crippen molar-refractivity contribution in [3.63, 3.8) is 0 Å². The normalized spacial score (nSPS) is 10.8. The highest BCUT2D eigenvalue weighted by Gasteiger charge is 1.98. The zero-order valence-corrected chi connectivity index (χ0v) is 6.79. The van der Waals surface area contributed by atoms with E-state index in [2.05, 4.69) is 18.0 Å². The van der Waals surface area contributed by atoms with Crippen LogP contribution in [0.4, 0.5) is 0 Å². The lowest BCUT2D eigenvalue weighted by Crippen LogP contribution is -1.81. The van der Waals surface area contributed by atoms with Crippen molar-refractivity contribution < 1.29 is 4.42 Å². The van der Waals surface area contributed by atoms with E-state index in [1.54, 1.807) is 0 Å². The third-order valence-electron chi connectivity index (χ3n) is 1.86. The van der Waals surface area contributed by atoms with Crippen molar-refractivity contribution in [2.75, 3.05) is 0 Å². The first-order valence-corrected chi connectivity index (χ1v) is 4.01. The molecule has 0 aliphatic heterocycles. The quantitative estimate of drug-likeness (QED) is 0.674. The second-order valence-electron chi connectivity index (χ2n) is 2.76. The summed E-state index contributed by atoms with van der Waals surface area (Å²) in [6.45, 7) is 3.80. The van der Waals surface area contributed by atoms with Gasteiger partial charge in [-0.15, -0.1) is 0 Å². The van der Waals surface area contributed by atoms with Crippen LogP contribution < -0.4 is 0 Å². The Kier molecular flexibility index (Phi) is 1.82. The Morgan fingerprint density at radius 2 is 2.33 bits per heavy atom. The van der Waals surface area contributed by atoms with Gasteiger partial charge in [0.05, 0.1) is 0 Å². The first-order chi connectivity index (χ1) is 5.90. The minimum atomic E-state index is 0.862. The Hall–Kier alpha value is -1.31. The zero-order chi connectivity index (χ0) is 8.39. The van der Waals surface area contributed by atoms with Gasteiger partial charge in [-0.2, -0.15) is 0 Å². The van der Waals surface area contributed by atoms with Gasteiger partial charge in [0.1, 0.15) is 5.52 Å². The molecule has 1 heterocycles. The van der Waals surface area contributed by atoms with E-state index in [-0.39, 0.29) is 0 Å². The molecule has 0 saturated carbocycles. The first-order valence-electron chi connectivity index (χ1n) is 4.01. The van der Waals surface area contributed by atoms with Gasteiger partial charge in [-0.3, -0.25) is 0 Å². The van der Waals surface area contributed by atoms with E-state index in [0.29, 0.717) is 0 Å². The second-order valence-corrected chi connectivity index (χ2v) is 2.76. The van der Waals surface area contributed by atoms with Crippen LogP contribution in [0.5, 0.6) is 0 Å². The van der Waals surface area contributed by atoms with Crippen LogP contribution in [0, 0.1) is 6.92 Å². The first kappa shape index (κ1) is 7.35. The van der Waals surface area contributed by atoms with Crippen LogP contribution in [0.25, 0.3) is 11.1 Å². The Morgan fingerprint density at radius 3 is 3.17 bits per heavy atom. The third kappa shape index (κ3) is 1.20. The lowest BCUT2D eigenvalue weighted by molar-refractivity contribution is 0.601. The van der Waals surface area contributed by atoms with Gasteiger partial charge in [0.25, 0.3) is 0 Å². The SMILES string of the molecule is [CH2]CCc1ccc2ncoc2c1. The number of benzene rings is 1. The standard InChI is InChI=1S/C10H10NO/c1-2-3-8-4-5-9-10(6-8)12-7-11-9/h4-7H,1-3H2. The minimum Gasteiger partial charge on any atom is -0.443 e. The monoisotopic (exact) mass is 160 g/mol. The molecule has 61 valence electrons. The van der Waals surface area contributed by atoms with E-state index in [0.717, 1.165) is 23.9 Å². The van der Waals surface area contributed by atoms with E-state index in [1.165, 1.54) is 12.0 Å². The van der Waals surface area contributed by atoms with Gasteiger partial charge in [0.2, 0.25) is 0 Å². The fraction of sp³-hybridized carbons (Fsp3) is 0.200. The Labute approximate surface area is 71.2 Å². The molecule has 0 spiro atoms. The van der Waals surface area contributed by atoms with Gasteiger partial charge in [-0.25, -0.2) is 4.98 Å². The molecule has 0 unspecified atom stereocenters. The molecule has 0 atom stereocenters. The Morgan fingerprint density at radius 1 is 1.42 bits per heavy atom. The number of aryl methyl sites for hydroxylation is 1. The lowest BCUT2D eigenvalue weighted by Gasteiger charge is -1.95. The largest absolute Gasteiger partial charge is 0.443 e. The van der Waals surface area contributed by atoms with Gasteiger partial charge < -0.3 is 4.42 Å². The van der Waals surface area contributed by atoms with Gasteiger partial charge in [-0.1, -0.05) is 13.0 Å². The maximum Gasteiger partial charge on any atom is 0.181 e. The summed E-state index contributed by atoms with van der Waals surface area (Å²) < 4.78 is 5.17.